The second kappa shape index (κ2) is 7.18. The summed E-state index contributed by atoms with van der Waals surface area (Å²) in [5.74, 6) is 0.0243. The molecule has 1 aromatic carbocycles. The quantitative estimate of drug-likeness (QED) is 0.858. The van der Waals surface area contributed by atoms with Crippen LogP contribution >= 0.6 is 15.9 Å². The van der Waals surface area contributed by atoms with Crippen molar-refractivity contribution in [3.63, 3.8) is 0 Å². The van der Waals surface area contributed by atoms with E-state index >= 15 is 0 Å². The highest BCUT2D eigenvalue weighted by Gasteiger charge is 2.19. The Kier molecular flexibility index (Phi) is 5.53. The van der Waals surface area contributed by atoms with E-state index in [1.54, 1.807) is 12.1 Å². The molecule has 0 amide bonds. The number of halogens is 2. The van der Waals surface area contributed by atoms with E-state index in [0.717, 1.165) is 35.2 Å². The summed E-state index contributed by atoms with van der Waals surface area (Å²) in [7, 11) is 1.92. The monoisotopic (exact) mass is 353 g/mol. The Morgan fingerprint density at radius 1 is 1.43 bits per heavy atom. The average Bonchev–Trinajstić information content (AvgIpc) is 2.74. The first-order chi connectivity index (χ1) is 10.1. The van der Waals surface area contributed by atoms with E-state index in [4.69, 9.17) is 0 Å². The van der Waals surface area contributed by atoms with E-state index < -0.39 is 0 Å². The molecule has 1 unspecified atom stereocenters. The molecule has 0 saturated heterocycles. The van der Waals surface area contributed by atoms with Gasteiger partial charge in [0.15, 0.2) is 0 Å². The third-order valence-corrected chi connectivity index (χ3v) is 4.69. The van der Waals surface area contributed by atoms with E-state index in [1.807, 2.05) is 24.7 Å². The van der Waals surface area contributed by atoms with Gasteiger partial charge in [-0.15, -0.1) is 0 Å². The Hall–Kier alpha value is -1.20. The molecular weight excluding hydrogens is 333 g/mol. The van der Waals surface area contributed by atoms with Gasteiger partial charge in [-0.25, -0.2) is 4.39 Å². The molecule has 114 valence electrons. The molecule has 3 nitrogen and oxygen atoms in total. The van der Waals surface area contributed by atoms with E-state index in [-0.39, 0.29) is 11.7 Å². The molecule has 5 heteroatoms. The van der Waals surface area contributed by atoms with E-state index in [1.165, 1.54) is 11.8 Å². The van der Waals surface area contributed by atoms with Gasteiger partial charge in [0, 0.05) is 19.0 Å². The van der Waals surface area contributed by atoms with Crippen LogP contribution in [-0.4, -0.2) is 23.4 Å². The number of nitrogens with zero attached hydrogens (tertiary/aromatic N) is 2. The normalized spacial score (nSPS) is 12.6. The molecule has 0 fully saturated rings. The summed E-state index contributed by atoms with van der Waals surface area (Å²) in [6.07, 6.45) is 0.819. The summed E-state index contributed by atoms with van der Waals surface area (Å²) in [5, 5.41) is 7.73. The zero-order valence-electron chi connectivity index (χ0n) is 12.7. The molecule has 0 spiro atoms. The summed E-state index contributed by atoms with van der Waals surface area (Å²) in [4.78, 5) is 0. The Balaban J connectivity index is 2.32. The van der Waals surface area contributed by atoms with Crippen molar-refractivity contribution >= 4 is 15.9 Å². The number of hydrogen-bond donors (Lipinski definition) is 1. The standard InChI is InChI=1S/C16H21BrFN3/c1-4-21-15(16(17)11(2)20-21)9-13(10-19-3)12-6-5-7-14(18)8-12/h5-8,13,19H,4,9-10H2,1-3H3. The average molecular weight is 354 g/mol. The molecule has 2 rings (SSSR count). The van der Waals surface area contributed by atoms with Crippen LogP contribution < -0.4 is 5.32 Å². The van der Waals surface area contributed by atoms with Crippen molar-refractivity contribution in [1.29, 1.82) is 0 Å². The van der Waals surface area contributed by atoms with Crippen LogP contribution in [0.2, 0.25) is 0 Å². The van der Waals surface area contributed by atoms with Gasteiger partial charge in [-0.1, -0.05) is 12.1 Å². The molecule has 1 heterocycles. The van der Waals surface area contributed by atoms with Crippen molar-refractivity contribution in [2.24, 2.45) is 0 Å². The van der Waals surface area contributed by atoms with Crippen LogP contribution in [0.3, 0.4) is 0 Å². The van der Waals surface area contributed by atoms with Gasteiger partial charge >= 0.3 is 0 Å². The van der Waals surface area contributed by atoms with E-state index in [2.05, 4.69) is 33.3 Å². The summed E-state index contributed by atoms with van der Waals surface area (Å²) in [5.41, 5.74) is 3.17. The van der Waals surface area contributed by atoms with Crippen molar-refractivity contribution in [2.75, 3.05) is 13.6 Å². The van der Waals surface area contributed by atoms with Crippen LogP contribution in [0.5, 0.6) is 0 Å². The van der Waals surface area contributed by atoms with Crippen LogP contribution in [0.15, 0.2) is 28.7 Å². The lowest BCUT2D eigenvalue weighted by Gasteiger charge is -2.18. The lowest BCUT2D eigenvalue weighted by atomic mass is 9.94. The van der Waals surface area contributed by atoms with Gasteiger partial charge in [0.05, 0.1) is 15.9 Å². The summed E-state index contributed by atoms with van der Waals surface area (Å²) in [6.45, 7) is 5.70. The van der Waals surface area contributed by atoms with Crippen molar-refractivity contribution < 1.29 is 4.39 Å². The second-order valence-electron chi connectivity index (χ2n) is 5.18. The molecule has 0 radical (unpaired) electrons. The minimum absolute atomic E-state index is 0.187. The Labute approximate surface area is 133 Å². The van der Waals surface area contributed by atoms with Gasteiger partial charge < -0.3 is 5.32 Å². The zero-order chi connectivity index (χ0) is 15.4. The highest BCUT2D eigenvalue weighted by Crippen LogP contribution is 2.28. The number of rotatable bonds is 6. The van der Waals surface area contributed by atoms with Crippen LogP contribution in [-0.2, 0) is 13.0 Å². The highest BCUT2D eigenvalue weighted by molar-refractivity contribution is 9.10. The molecule has 21 heavy (non-hydrogen) atoms. The molecule has 0 saturated carbocycles. The summed E-state index contributed by atoms with van der Waals surface area (Å²) >= 11 is 3.63. The fourth-order valence-corrected chi connectivity index (χ4v) is 3.06. The number of likely N-dealkylation sites (N-methyl/N-ethyl adjacent to an activating group) is 1. The fourth-order valence-electron chi connectivity index (χ4n) is 2.61. The minimum Gasteiger partial charge on any atom is -0.319 e. The predicted molar refractivity (Wildman–Crippen MR) is 87.1 cm³/mol. The first-order valence-corrected chi connectivity index (χ1v) is 7.98. The van der Waals surface area contributed by atoms with Gasteiger partial charge in [0.2, 0.25) is 0 Å². The molecule has 0 aliphatic heterocycles. The second-order valence-corrected chi connectivity index (χ2v) is 5.97. The maximum atomic E-state index is 13.5. The van der Waals surface area contributed by atoms with Gasteiger partial charge in [0.25, 0.3) is 0 Å². The molecular formula is C16H21BrFN3. The number of hydrogen-bond acceptors (Lipinski definition) is 2. The Morgan fingerprint density at radius 2 is 2.19 bits per heavy atom. The number of aryl methyl sites for hydroxylation is 2. The molecule has 0 aliphatic rings. The van der Waals surface area contributed by atoms with Crippen molar-refractivity contribution in [1.82, 2.24) is 15.1 Å². The Morgan fingerprint density at radius 3 is 2.81 bits per heavy atom. The zero-order valence-corrected chi connectivity index (χ0v) is 14.2. The van der Waals surface area contributed by atoms with Crippen molar-refractivity contribution in [3.05, 3.63) is 51.5 Å². The van der Waals surface area contributed by atoms with Gasteiger partial charge in [0.1, 0.15) is 5.82 Å². The molecule has 2 aromatic rings. The maximum absolute atomic E-state index is 13.5. The van der Waals surface area contributed by atoms with Crippen LogP contribution in [0.4, 0.5) is 4.39 Å². The molecule has 0 bridgehead atoms. The van der Waals surface area contributed by atoms with E-state index in [0.29, 0.717) is 0 Å². The lowest BCUT2D eigenvalue weighted by molar-refractivity contribution is 0.557. The largest absolute Gasteiger partial charge is 0.319 e. The molecule has 1 atom stereocenters. The molecule has 0 aliphatic carbocycles. The maximum Gasteiger partial charge on any atom is 0.123 e. The first kappa shape index (κ1) is 16.2. The fraction of sp³-hybridized carbons (Fsp3) is 0.438. The van der Waals surface area contributed by atoms with Crippen LogP contribution in [0.25, 0.3) is 0 Å². The number of benzene rings is 1. The summed E-state index contributed by atoms with van der Waals surface area (Å²) < 4.78 is 16.6. The smallest absolute Gasteiger partial charge is 0.123 e. The Bertz CT molecular complexity index is 610. The highest BCUT2D eigenvalue weighted by atomic mass is 79.9. The molecule has 1 N–H and O–H groups in total. The first-order valence-electron chi connectivity index (χ1n) is 7.18. The topological polar surface area (TPSA) is 29.9 Å². The van der Waals surface area contributed by atoms with E-state index in [9.17, 15) is 4.39 Å². The number of nitrogens with one attached hydrogen (secondary N) is 1. The van der Waals surface area contributed by atoms with Crippen LogP contribution in [0, 0.1) is 12.7 Å². The third kappa shape index (κ3) is 3.71. The molecule has 1 aromatic heterocycles. The lowest BCUT2D eigenvalue weighted by Crippen LogP contribution is -2.20. The van der Waals surface area contributed by atoms with Crippen molar-refractivity contribution in [3.8, 4) is 0 Å². The number of aromatic nitrogens is 2. The van der Waals surface area contributed by atoms with Gasteiger partial charge in [-0.3, -0.25) is 4.68 Å². The SMILES string of the molecule is CCn1nc(C)c(Br)c1CC(CNC)c1cccc(F)c1. The summed E-state index contributed by atoms with van der Waals surface area (Å²) in [6, 6.07) is 6.86. The third-order valence-electron chi connectivity index (χ3n) is 3.66. The van der Waals surface area contributed by atoms with Crippen LogP contribution in [0.1, 0.15) is 29.8 Å². The van der Waals surface area contributed by atoms with Gasteiger partial charge in [-0.05, 0) is 60.9 Å². The van der Waals surface area contributed by atoms with Crippen molar-refractivity contribution in [2.45, 2.75) is 32.7 Å². The minimum atomic E-state index is -0.187. The van der Waals surface area contributed by atoms with Gasteiger partial charge in [-0.2, -0.15) is 5.10 Å². The predicted octanol–water partition coefficient (Wildman–Crippen LogP) is 3.66.